The van der Waals surface area contributed by atoms with E-state index in [0.717, 1.165) is 109 Å². The van der Waals surface area contributed by atoms with Crippen LogP contribution >= 0.6 is 0 Å². The van der Waals surface area contributed by atoms with Gasteiger partial charge in [-0.15, -0.1) is 0 Å². The molecule has 6 heteroatoms. The molecule has 0 saturated carbocycles. The molecule has 0 radical (unpaired) electrons. The number of hydrogen-bond donors (Lipinski definition) is 0. The molecule has 63 heavy (non-hydrogen) atoms. The van der Waals surface area contributed by atoms with Crippen LogP contribution in [0.4, 0.5) is 0 Å². The van der Waals surface area contributed by atoms with E-state index in [1.165, 1.54) is 103 Å². The number of carbonyl (C=O) groups excluding carboxylic acids is 3. The fourth-order valence-electron chi connectivity index (χ4n) is 7.23. The van der Waals surface area contributed by atoms with Crippen LogP contribution in [-0.2, 0) is 28.6 Å². The monoisotopic (exact) mass is 879 g/mol. The molecular weight excluding hydrogens is 781 g/mol. The average molecular weight is 879 g/mol. The van der Waals surface area contributed by atoms with Crippen LogP contribution in [0.1, 0.15) is 252 Å². The number of allylic oxidation sites excluding steroid dienone is 12. The number of unbranched alkanes of at least 4 members (excludes halogenated alkanes) is 24. The summed E-state index contributed by atoms with van der Waals surface area (Å²) in [4.78, 5) is 37.9. The van der Waals surface area contributed by atoms with Crippen molar-refractivity contribution in [1.29, 1.82) is 0 Å². The highest BCUT2D eigenvalue weighted by atomic mass is 16.6. The Balaban J connectivity index is 4.27. The zero-order valence-corrected chi connectivity index (χ0v) is 41.3. The van der Waals surface area contributed by atoms with Crippen molar-refractivity contribution >= 4 is 17.9 Å². The molecule has 0 aromatic carbocycles. The molecule has 1 unspecified atom stereocenters. The zero-order chi connectivity index (χ0) is 45.8. The summed E-state index contributed by atoms with van der Waals surface area (Å²) in [6.45, 7) is 6.47. The van der Waals surface area contributed by atoms with E-state index in [9.17, 15) is 14.4 Å². The van der Waals surface area contributed by atoms with Crippen LogP contribution in [0.3, 0.4) is 0 Å². The predicted octanol–water partition coefficient (Wildman–Crippen LogP) is 17.4. The van der Waals surface area contributed by atoms with E-state index in [4.69, 9.17) is 14.2 Å². The number of hydrogen-bond acceptors (Lipinski definition) is 6. The molecule has 0 bridgehead atoms. The zero-order valence-electron chi connectivity index (χ0n) is 41.3. The lowest BCUT2D eigenvalue weighted by atomic mass is 10.1. The summed E-state index contributed by atoms with van der Waals surface area (Å²) in [7, 11) is 0. The topological polar surface area (TPSA) is 78.9 Å². The molecule has 362 valence electrons. The van der Waals surface area contributed by atoms with E-state index in [2.05, 4.69) is 93.7 Å². The molecule has 0 aliphatic carbocycles. The molecule has 0 aromatic heterocycles. The van der Waals surface area contributed by atoms with Crippen molar-refractivity contribution in [3.8, 4) is 0 Å². The van der Waals surface area contributed by atoms with Crippen molar-refractivity contribution in [2.45, 2.75) is 258 Å². The van der Waals surface area contributed by atoms with Gasteiger partial charge < -0.3 is 14.2 Å². The molecule has 0 aliphatic heterocycles. The number of esters is 3. The maximum absolute atomic E-state index is 12.8. The van der Waals surface area contributed by atoms with Gasteiger partial charge in [0.15, 0.2) is 6.10 Å². The van der Waals surface area contributed by atoms with Gasteiger partial charge in [0.2, 0.25) is 0 Å². The first kappa shape index (κ1) is 59.9. The lowest BCUT2D eigenvalue weighted by Crippen LogP contribution is -2.30. The van der Waals surface area contributed by atoms with Crippen LogP contribution in [0.15, 0.2) is 72.9 Å². The Labute approximate surface area is 389 Å². The molecule has 6 nitrogen and oxygen atoms in total. The molecule has 0 aliphatic rings. The van der Waals surface area contributed by atoms with Crippen molar-refractivity contribution < 1.29 is 28.6 Å². The standard InChI is InChI=1S/C57H98O6/c1-4-7-10-13-16-19-21-23-25-26-27-28-29-30-31-32-33-35-36-38-41-44-47-50-56(59)62-53-54(52-61-55(58)49-46-43-40-18-15-12-9-6-3)63-57(60)51-48-45-42-39-37-34-24-22-20-17-14-11-8-5-2/h7,10,16,19,22-25,27-28,30-31,54H,4-6,8-9,11-15,17-18,20-21,26,29,32-53H2,1-3H3/b10-7-,19-16-,24-22-,25-23-,28-27-,31-30-. The van der Waals surface area contributed by atoms with E-state index >= 15 is 0 Å². The van der Waals surface area contributed by atoms with Crippen LogP contribution in [0.5, 0.6) is 0 Å². The summed E-state index contributed by atoms with van der Waals surface area (Å²) in [5, 5.41) is 0. The van der Waals surface area contributed by atoms with E-state index in [0.29, 0.717) is 19.3 Å². The third-order valence-corrected chi connectivity index (χ3v) is 11.2. The van der Waals surface area contributed by atoms with Gasteiger partial charge in [-0.1, -0.05) is 216 Å². The predicted molar refractivity (Wildman–Crippen MR) is 270 cm³/mol. The van der Waals surface area contributed by atoms with Gasteiger partial charge in [-0.2, -0.15) is 0 Å². The largest absolute Gasteiger partial charge is 0.462 e. The number of rotatable bonds is 47. The summed E-state index contributed by atoms with van der Waals surface area (Å²) in [6, 6.07) is 0. The van der Waals surface area contributed by atoms with Crippen molar-refractivity contribution in [2.75, 3.05) is 13.2 Å². The second-order valence-corrected chi connectivity index (χ2v) is 17.4. The van der Waals surface area contributed by atoms with Gasteiger partial charge in [-0.25, -0.2) is 0 Å². The highest BCUT2D eigenvalue weighted by Gasteiger charge is 2.19. The van der Waals surface area contributed by atoms with Gasteiger partial charge in [0.05, 0.1) is 0 Å². The molecule has 0 rings (SSSR count). The minimum atomic E-state index is -0.781. The van der Waals surface area contributed by atoms with Crippen molar-refractivity contribution in [2.24, 2.45) is 0 Å². The minimum absolute atomic E-state index is 0.0811. The molecule has 0 saturated heterocycles. The van der Waals surface area contributed by atoms with Gasteiger partial charge in [0.25, 0.3) is 0 Å². The third-order valence-electron chi connectivity index (χ3n) is 11.2. The second-order valence-electron chi connectivity index (χ2n) is 17.4. The Morgan fingerprint density at radius 2 is 0.619 bits per heavy atom. The highest BCUT2D eigenvalue weighted by molar-refractivity contribution is 5.71. The van der Waals surface area contributed by atoms with Crippen molar-refractivity contribution in [3.63, 3.8) is 0 Å². The fraction of sp³-hybridized carbons (Fsp3) is 0.737. The molecular formula is C57H98O6. The molecule has 0 heterocycles. The smallest absolute Gasteiger partial charge is 0.306 e. The summed E-state index contributed by atoms with van der Waals surface area (Å²) < 4.78 is 16.7. The lowest BCUT2D eigenvalue weighted by Gasteiger charge is -2.18. The summed E-state index contributed by atoms with van der Waals surface area (Å²) >= 11 is 0. The van der Waals surface area contributed by atoms with Crippen LogP contribution < -0.4 is 0 Å². The van der Waals surface area contributed by atoms with Crippen LogP contribution in [0.2, 0.25) is 0 Å². The van der Waals surface area contributed by atoms with E-state index in [1.54, 1.807) is 0 Å². The summed E-state index contributed by atoms with van der Waals surface area (Å²) in [5.41, 5.74) is 0. The quantitative estimate of drug-likeness (QED) is 0.0262. The van der Waals surface area contributed by atoms with E-state index < -0.39 is 6.10 Å². The maximum atomic E-state index is 12.8. The average Bonchev–Trinajstić information content (AvgIpc) is 3.28. The van der Waals surface area contributed by atoms with Crippen molar-refractivity contribution in [3.05, 3.63) is 72.9 Å². The second kappa shape index (κ2) is 51.5. The van der Waals surface area contributed by atoms with Gasteiger partial charge in [0.1, 0.15) is 13.2 Å². The Bertz CT molecular complexity index is 1190. The first-order chi connectivity index (χ1) is 31.0. The third kappa shape index (κ3) is 49.7. The first-order valence-electron chi connectivity index (χ1n) is 26.4. The molecule has 0 spiro atoms. The van der Waals surface area contributed by atoms with Gasteiger partial charge >= 0.3 is 17.9 Å². The van der Waals surface area contributed by atoms with Crippen LogP contribution in [0, 0.1) is 0 Å². The maximum Gasteiger partial charge on any atom is 0.306 e. The van der Waals surface area contributed by atoms with Crippen molar-refractivity contribution in [1.82, 2.24) is 0 Å². The highest BCUT2D eigenvalue weighted by Crippen LogP contribution is 2.14. The SMILES string of the molecule is CC/C=C\C/C=C\C/C=C\C/C=C\C/C=C\CCCCCCCCCC(=O)OCC(COC(=O)CCCCCCCCCC)OC(=O)CCCCCCC/C=C\CCCCCCC. The van der Waals surface area contributed by atoms with Crippen LogP contribution in [-0.4, -0.2) is 37.2 Å². The fourth-order valence-corrected chi connectivity index (χ4v) is 7.23. The lowest BCUT2D eigenvalue weighted by molar-refractivity contribution is -0.167. The Morgan fingerprint density at radius 3 is 0.984 bits per heavy atom. The van der Waals surface area contributed by atoms with E-state index in [-0.39, 0.29) is 31.1 Å². The summed E-state index contributed by atoms with van der Waals surface area (Å²) in [5.74, 6) is -0.903. The molecule has 0 N–H and O–H groups in total. The molecule has 1 atom stereocenters. The number of carbonyl (C=O) groups is 3. The van der Waals surface area contributed by atoms with Crippen LogP contribution in [0.25, 0.3) is 0 Å². The molecule has 0 aromatic rings. The Morgan fingerprint density at radius 1 is 0.333 bits per heavy atom. The van der Waals surface area contributed by atoms with Gasteiger partial charge in [-0.05, 0) is 89.9 Å². The first-order valence-corrected chi connectivity index (χ1v) is 26.4. The van der Waals surface area contributed by atoms with E-state index in [1.807, 2.05) is 0 Å². The Kier molecular flexibility index (Phi) is 48.9. The van der Waals surface area contributed by atoms with Gasteiger partial charge in [-0.3, -0.25) is 14.4 Å². The summed E-state index contributed by atoms with van der Waals surface area (Å²) in [6.07, 6.45) is 64.7. The van der Waals surface area contributed by atoms with Gasteiger partial charge in [0, 0.05) is 19.3 Å². The Hall–Kier alpha value is -3.15. The number of ether oxygens (including phenoxy) is 3. The molecule has 0 fully saturated rings. The minimum Gasteiger partial charge on any atom is -0.462 e. The normalized spacial score (nSPS) is 12.6. The molecule has 0 amide bonds.